The predicted octanol–water partition coefficient (Wildman–Crippen LogP) is 1.82. The van der Waals surface area contributed by atoms with Gasteiger partial charge in [-0.1, -0.05) is 28.1 Å². The number of rotatable bonds is 3. The molecule has 5 nitrogen and oxygen atoms in total. The summed E-state index contributed by atoms with van der Waals surface area (Å²) in [5, 5.41) is 7.15. The van der Waals surface area contributed by atoms with Gasteiger partial charge in [0.25, 0.3) is 5.91 Å². The van der Waals surface area contributed by atoms with E-state index in [0.29, 0.717) is 0 Å². The number of aromatic nitrogens is 3. The molecule has 1 heterocycles. The Kier molecular flexibility index (Phi) is 3.66. The average Bonchev–Trinajstić information content (AvgIpc) is 2.79. The van der Waals surface area contributed by atoms with Gasteiger partial charge in [0, 0.05) is 10.5 Å². The topological polar surface area (TPSA) is 59.8 Å². The minimum atomic E-state index is -0.246. The van der Waals surface area contributed by atoms with Crippen molar-refractivity contribution in [1.29, 1.82) is 0 Å². The van der Waals surface area contributed by atoms with E-state index in [1.807, 2.05) is 24.3 Å². The van der Waals surface area contributed by atoms with Crippen LogP contribution in [0.5, 0.6) is 0 Å². The van der Waals surface area contributed by atoms with Gasteiger partial charge in [-0.15, -0.1) is 10.2 Å². The summed E-state index contributed by atoms with van der Waals surface area (Å²) in [4.78, 5) is 11.5. The van der Waals surface area contributed by atoms with E-state index in [0.717, 1.165) is 10.0 Å². The van der Waals surface area contributed by atoms with Crippen molar-refractivity contribution in [1.82, 2.24) is 14.9 Å². The summed E-state index contributed by atoms with van der Waals surface area (Å²) in [6.07, 6.45) is 5.99. The number of carbonyl (C=O) groups is 1. The number of amides is 1. The first-order valence-corrected chi connectivity index (χ1v) is 5.62. The monoisotopic (exact) mass is 292 g/mol. The van der Waals surface area contributed by atoms with E-state index in [2.05, 4.69) is 31.6 Å². The van der Waals surface area contributed by atoms with E-state index >= 15 is 0 Å². The molecule has 0 aliphatic rings. The standard InChI is InChI=1S/C11H9BrN4O/c12-10-3-1-2-9(6-10)4-5-11(17)15-16-7-13-14-8-16/h1-8H,(H,15,17)/b5-4+. The number of carbonyl (C=O) groups excluding carboxylic acids is 1. The third-order valence-corrected chi connectivity index (χ3v) is 2.43. The summed E-state index contributed by atoms with van der Waals surface area (Å²) < 4.78 is 2.35. The molecule has 6 heteroatoms. The van der Waals surface area contributed by atoms with Gasteiger partial charge in [0.05, 0.1) is 0 Å². The molecule has 0 saturated carbocycles. The lowest BCUT2D eigenvalue weighted by atomic mass is 10.2. The van der Waals surface area contributed by atoms with Gasteiger partial charge in [-0.05, 0) is 23.8 Å². The number of nitrogens with one attached hydrogen (secondary N) is 1. The maximum Gasteiger partial charge on any atom is 0.262 e. The molecule has 0 radical (unpaired) electrons. The fraction of sp³-hybridized carbons (Fsp3) is 0. The molecular weight excluding hydrogens is 284 g/mol. The Bertz CT molecular complexity index is 536. The lowest BCUT2D eigenvalue weighted by Gasteiger charge is -1.99. The van der Waals surface area contributed by atoms with E-state index in [1.165, 1.54) is 23.4 Å². The molecule has 17 heavy (non-hydrogen) atoms. The Morgan fingerprint density at radius 3 is 2.82 bits per heavy atom. The van der Waals surface area contributed by atoms with Gasteiger partial charge >= 0.3 is 0 Å². The fourth-order valence-corrected chi connectivity index (χ4v) is 1.62. The van der Waals surface area contributed by atoms with Gasteiger partial charge in [-0.2, -0.15) is 0 Å². The van der Waals surface area contributed by atoms with Crippen LogP contribution in [0.1, 0.15) is 5.56 Å². The van der Waals surface area contributed by atoms with Gasteiger partial charge < -0.3 is 0 Å². The smallest absolute Gasteiger partial charge is 0.262 e. The minimum Gasteiger partial charge on any atom is -0.268 e. The second-order valence-corrected chi connectivity index (χ2v) is 4.15. The number of halogens is 1. The van der Waals surface area contributed by atoms with Crippen LogP contribution in [-0.4, -0.2) is 20.8 Å². The first-order valence-electron chi connectivity index (χ1n) is 4.83. The van der Waals surface area contributed by atoms with Crippen molar-refractivity contribution in [3.8, 4) is 0 Å². The van der Waals surface area contributed by atoms with Crippen molar-refractivity contribution < 1.29 is 4.79 Å². The zero-order chi connectivity index (χ0) is 12.1. The maximum atomic E-state index is 11.5. The van der Waals surface area contributed by atoms with Gasteiger partial charge in [0.2, 0.25) is 0 Å². The molecule has 2 aromatic rings. The molecule has 0 atom stereocenters. The van der Waals surface area contributed by atoms with Crippen molar-refractivity contribution in [2.24, 2.45) is 0 Å². The molecule has 0 spiro atoms. The molecule has 0 aliphatic carbocycles. The quantitative estimate of drug-likeness (QED) is 0.878. The van der Waals surface area contributed by atoms with Crippen molar-refractivity contribution in [2.75, 3.05) is 5.43 Å². The molecule has 2 rings (SSSR count). The first kappa shape index (κ1) is 11.5. The molecule has 1 aromatic heterocycles. The van der Waals surface area contributed by atoms with Crippen LogP contribution in [0.2, 0.25) is 0 Å². The van der Waals surface area contributed by atoms with Gasteiger partial charge in [0.1, 0.15) is 12.7 Å². The Labute approximate surface area is 106 Å². The largest absolute Gasteiger partial charge is 0.268 e. The third kappa shape index (κ3) is 3.53. The van der Waals surface area contributed by atoms with E-state index < -0.39 is 0 Å². The van der Waals surface area contributed by atoms with Crippen molar-refractivity contribution in [3.05, 3.63) is 53.0 Å². The number of hydrogen-bond donors (Lipinski definition) is 1. The summed E-state index contributed by atoms with van der Waals surface area (Å²) in [7, 11) is 0. The van der Waals surface area contributed by atoms with Crippen LogP contribution in [0, 0.1) is 0 Å². The third-order valence-electron chi connectivity index (χ3n) is 1.93. The lowest BCUT2D eigenvalue weighted by molar-refractivity contribution is -0.112. The summed E-state index contributed by atoms with van der Waals surface area (Å²) in [6, 6.07) is 7.66. The van der Waals surface area contributed by atoms with Crippen molar-refractivity contribution >= 4 is 27.9 Å². The van der Waals surface area contributed by atoms with Gasteiger partial charge in [0.15, 0.2) is 0 Å². The molecule has 86 valence electrons. The second kappa shape index (κ2) is 5.40. The van der Waals surface area contributed by atoms with Gasteiger partial charge in [-0.25, -0.2) is 4.68 Å². The predicted molar refractivity (Wildman–Crippen MR) is 67.6 cm³/mol. The number of benzene rings is 1. The highest BCUT2D eigenvalue weighted by Gasteiger charge is 1.96. The molecular formula is C11H9BrN4O. The summed E-state index contributed by atoms with van der Waals surface area (Å²) in [6.45, 7) is 0. The zero-order valence-corrected chi connectivity index (χ0v) is 10.3. The minimum absolute atomic E-state index is 0.246. The molecule has 0 bridgehead atoms. The van der Waals surface area contributed by atoms with E-state index in [4.69, 9.17) is 0 Å². The molecule has 0 aliphatic heterocycles. The molecule has 0 unspecified atom stereocenters. The summed E-state index contributed by atoms with van der Waals surface area (Å²) in [5.74, 6) is -0.246. The lowest BCUT2D eigenvalue weighted by Crippen LogP contribution is -2.18. The maximum absolute atomic E-state index is 11.5. The van der Waals surface area contributed by atoms with Crippen LogP contribution in [0.3, 0.4) is 0 Å². The summed E-state index contributed by atoms with van der Waals surface area (Å²) >= 11 is 3.36. The number of hydrogen-bond acceptors (Lipinski definition) is 3. The SMILES string of the molecule is O=C(/C=C/c1cccc(Br)c1)Nn1cnnc1. The van der Waals surface area contributed by atoms with E-state index in [9.17, 15) is 4.79 Å². The van der Waals surface area contributed by atoms with Crippen LogP contribution in [-0.2, 0) is 4.79 Å². The number of nitrogens with zero attached hydrogens (tertiary/aromatic N) is 3. The normalized spacial score (nSPS) is 10.6. The van der Waals surface area contributed by atoms with Crippen molar-refractivity contribution in [3.63, 3.8) is 0 Å². The average molecular weight is 293 g/mol. The van der Waals surface area contributed by atoms with Crippen LogP contribution < -0.4 is 5.43 Å². The fourth-order valence-electron chi connectivity index (χ4n) is 1.21. The highest BCUT2D eigenvalue weighted by atomic mass is 79.9. The molecule has 1 N–H and O–H groups in total. The van der Waals surface area contributed by atoms with Gasteiger partial charge in [-0.3, -0.25) is 10.2 Å². The Morgan fingerprint density at radius 1 is 1.35 bits per heavy atom. The Morgan fingerprint density at radius 2 is 2.12 bits per heavy atom. The van der Waals surface area contributed by atoms with Crippen LogP contribution >= 0.6 is 15.9 Å². The molecule has 0 saturated heterocycles. The van der Waals surface area contributed by atoms with E-state index in [1.54, 1.807) is 6.08 Å². The molecule has 1 aromatic carbocycles. The van der Waals surface area contributed by atoms with Crippen LogP contribution in [0.15, 0.2) is 47.5 Å². The van der Waals surface area contributed by atoms with E-state index in [-0.39, 0.29) is 5.91 Å². The van der Waals surface area contributed by atoms with Crippen LogP contribution in [0.25, 0.3) is 6.08 Å². The summed E-state index contributed by atoms with van der Waals surface area (Å²) in [5.41, 5.74) is 3.50. The van der Waals surface area contributed by atoms with Crippen molar-refractivity contribution in [2.45, 2.75) is 0 Å². The molecule has 0 fully saturated rings. The first-order chi connectivity index (χ1) is 8.24. The highest BCUT2D eigenvalue weighted by molar-refractivity contribution is 9.10. The Hall–Kier alpha value is -1.95. The highest BCUT2D eigenvalue weighted by Crippen LogP contribution is 2.12. The zero-order valence-electron chi connectivity index (χ0n) is 8.75. The molecule has 1 amide bonds. The second-order valence-electron chi connectivity index (χ2n) is 3.23. The van der Waals surface area contributed by atoms with Crippen LogP contribution in [0.4, 0.5) is 0 Å². The Balaban J connectivity index is 1.99.